The van der Waals surface area contributed by atoms with Gasteiger partial charge in [-0.05, 0) is 24.6 Å². The van der Waals surface area contributed by atoms with Crippen LogP contribution in [0.2, 0.25) is 0 Å². The molecule has 1 aromatic rings. The molecule has 2 rings (SSSR count). The first-order valence-electron chi connectivity index (χ1n) is 5.95. The van der Waals surface area contributed by atoms with Crippen molar-refractivity contribution < 1.29 is 0 Å². The van der Waals surface area contributed by atoms with Crippen molar-refractivity contribution in [2.24, 2.45) is 0 Å². The third kappa shape index (κ3) is 2.83. The maximum atomic E-state index is 4.51. The SMILES string of the molecule is CCNCc1ccc(N2CC=CCC2)nc1. The fraction of sp³-hybridized carbons (Fsp3) is 0.462. The highest BCUT2D eigenvalue weighted by atomic mass is 15.2. The fourth-order valence-corrected chi connectivity index (χ4v) is 1.83. The Kier molecular flexibility index (Phi) is 3.94. The number of nitrogens with zero attached hydrogens (tertiary/aromatic N) is 2. The molecule has 0 aromatic carbocycles. The smallest absolute Gasteiger partial charge is 0.128 e. The van der Waals surface area contributed by atoms with Crippen molar-refractivity contribution in [2.45, 2.75) is 19.9 Å². The first-order chi connectivity index (χ1) is 7.90. The van der Waals surface area contributed by atoms with Crippen LogP contribution in [0.4, 0.5) is 5.82 Å². The molecule has 3 nitrogen and oxygen atoms in total. The molecular weight excluding hydrogens is 198 g/mol. The molecule has 0 spiro atoms. The van der Waals surface area contributed by atoms with Gasteiger partial charge in [0.05, 0.1) is 0 Å². The maximum absolute atomic E-state index is 4.51. The zero-order valence-corrected chi connectivity index (χ0v) is 9.82. The van der Waals surface area contributed by atoms with Crippen molar-refractivity contribution in [2.75, 3.05) is 24.5 Å². The summed E-state index contributed by atoms with van der Waals surface area (Å²) < 4.78 is 0. The molecule has 16 heavy (non-hydrogen) atoms. The molecular formula is C13H19N3. The van der Waals surface area contributed by atoms with Crippen LogP contribution in [0.1, 0.15) is 18.9 Å². The van der Waals surface area contributed by atoms with E-state index >= 15 is 0 Å². The number of nitrogens with one attached hydrogen (secondary N) is 1. The van der Waals surface area contributed by atoms with Gasteiger partial charge in [-0.15, -0.1) is 0 Å². The molecule has 0 saturated carbocycles. The van der Waals surface area contributed by atoms with Crippen LogP contribution < -0.4 is 10.2 Å². The van der Waals surface area contributed by atoms with E-state index in [1.807, 2.05) is 6.20 Å². The monoisotopic (exact) mass is 217 g/mol. The number of anilines is 1. The van der Waals surface area contributed by atoms with Crippen LogP contribution in [0.3, 0.4) is 0 Å². The lowest BCUT2D eigenvalue weighted by atomic mass is 10.2. The van der Waals surface area contributed by atoms with Crippen molar-refractivity contribution in [3.8, 4) is 0 Å². The van der Waals surface area contributed by atoms with Crippen LogP contribution in [0, 0.1) is 0 Å². The Bertz CT molecular complexity index is 343. The Hall–Kier alpha value is -1.35. The van der Waals surface area contributed by atoms with E-state index in [4.69, 9.17) is 0 Å². The van der Waals surface area contributed by atoms with Gasteiger partial charge in [0.2, 0.25) is 0 Å². The van der Waals surface area contributed by atoms with E-state index in [2.05, 4.69) is 46.4 Å². The minimum atomic E-state index is 0.906. The molecule has 0 saturated heterocycles. The van der Waals surface area contributed by atoms with Crippen LogP contribution in [0.5, 0.6) is 0 Å². The Morgan fingerprint density at radius 3 is 2.94 bits per heavy atom. The lowest BCUT2D eigenvalue weighted by Crippen LogP contribution is -2.27. The van der Waals surface area contributed by atoms with E-state index in [-0.39, 0.29) is 0 Å². The molecule has 3 heteroatoms. The minimum Gasteiger partial charge on any atom is -0.353 e. The van der Waals surface area contributed by atoms with Gasteiger partial charge in [-0.2, -0.15) is 0 Å². The highest BCUT2D eigenvalue weighted by molar-refractivity contribution is 5.41. The normalized spacial score (nSPS) is 15.4. The predicted molar refractivity (Wildman–Crippen MR) is 67.6 cm³/mol. The second kappa shape index (κ2) is 5.66. The minimum absolute atomic E-state index is 0.906. The quantitative estimate of drug-likeness (QED) is 0.781. The van der Waals surface area contributed by atoms with Crippen LogP contribution in [0.25, 0.3) is 0 Å². The van der Waals surface area contributed by atoms with E-state index in [9.17, 15) is 0 Å². The second-order valence-electron chi connectivity index (χ2n) is 4.01. The summed E-state index contributed by atoms with van der Waals surface area (Å²) in [6, 6.07) is 4.27. The number of hydrogen-bond donors (Lipinski definition) is 1. The Balaban J connectivity index is 1.98. The number of aromatic nitrogens is 1. The van der Waals surface area contributed by atoms with E-state index in [0.717, 1.165) is 38.4 Å². The molecule has 1 aliphatic heterocycles. The molecule has 0 fully saturated rings. The maximum Gasteiger partial charge on any atom is 0.128 e. The predicted octanol–water partition coefficient (Wildman–Crippen LogP) is 1.96. The van der Waals surface area contributed by atoms with Crippen molar-refractivity contribution >= 4 is 5.82 Å². The van der Waals surface area contributed by atoms with E-state index in [1.54, 1.807) is 0 Å². The first-order valence-corrected chi connectivity index (χ1v) is 5.95. The molecule has 0 atom stereocenters. The van der Waals surface area contributed by atoms with Gasteiger partial charge in [-0.3, -0.25) is 0 Å². The van der Waals surface area contributed by atoms with Crippen LogP contribution in [-0.2, 0) is 6.54 Å². The molecule has 2 heterocycles. The second-order valence-corrected chi connectivity index (χ2v) is 4.01. The molecule has 0 radical (unpaired) electrons. The summed E-state index contributed by atoms with van der Waals surface area (Å²) in [4.78, 5) is 6.81. The Morgan fingerprint density at radius 1 is 1.38 bits per heavy atom. The number of pyridine rings is 1. The van der Waals surface area contributed by atoms with E-state index < -0.39 is 0 Å². The highest BCUT2D eigenvalue weighted by Gasteiger charge is 2.07. The molecule has 0 amide bonds. The summed E-state index contributed by atoms with van der Waals surface area (Å²) in [6.07, 6.45) is 7.53. The Labute approximate surface area is 97.2 Å². The van der Waals surface area contributed by atoms with E-state index in [1.165, 1.54) is 5.56 Å². The van der Waals surface area contributed by atoms with Gasteiger partial charge in [-0.1, -0.05) is 25.1 Å². The van der Waals surface area contributed by atoms with Crippen molar-refractivity contribution in [1.29, 1.82) is 0 Å². The molecule has 0 aliphatic carbocycles. The van der Waals surface area contributed by atoms with Gasteiger partial charge < -0.3 is 10.2 Å². The van der Waals surface area contributed by atoms with Crippen molar-refractivity contribution in [3.05, 3.63) is 36.0 Å². The number of hydrogen-bond acceptors (Lipinski definition) is 3. The zero-order chi connectivity index (χ0) is 11.2. The molecule has 1 aromatic heterocycles. The van der Waals surface area contributed by atoms with Gasteiger partial charge in [0.25, 0.3) is 0 Å². The summed E-state index contributed by atoms with van der Waals surface area (Å²) in [5.74, 6) is 1.09. The molecule has 0 bridgehead atoms. The average molecular weight is 217 g/mol. The molecule has 1 N–H and O–H groups in total. The summed E-state index contributed by atoms with van der Waals surface area (Å²) in [7, 11) is 0. The van der Waals surface area contributed by atoms with Gasteiger partial charge in [0.15, 0.2) is 0 Å². The van der Waals surface area contributed by atoms with E-state index in [0.29, 0.717) is 0 Å². The summed E-state index contributed by atoms with van der Waals surface area (Å²) in [5, 5.41) is 3.30. The van der Waals surface area contributed by atoms with Crippen molar-refractivity contribution in [3.63, 3.8) is 0 Å². The van der Waals surface area contributed by atoms with Gasteiger partial charge in [0, 0.05) is 25.8 Å². The summed E-state index contributed by atoms with van der Waals surface area (Å²) in [5.41, 5.74) is 1.25. The van der Waals surface area contributed by atoms with Gasteiger partial charge >= 0.3 is 0 Å². The summed E-state index contributed by atoms with van der Waals surface area (Å²) >= 11 is 0. The van der Waals surface area contributed by atoms with Crippen LogP contribution in [-0.4, -0.2) is 24.6 Å². The Morgan fingerprint density at radius 2 is 2.31 bits per heavy atom. The average Bonchev–Trinajstić information content (AvgIpc) is 2.38. The first kappa shape index (κ1) is 11.1. The largest absolute Gasteiger partial charge is 0.353 e. The van der Waals surface area contributed by atoms with Gasteiger partial charge in [0.1, 0.15) is 5.82 Å². The molecule has 0 unspecified atom stereocenters. The third-order valence-electron chi connectivity index (χ3n) is 2.77. The highest BCUT2D eigenvalue weighted by Crippen LogP contribution is 2.14. The lowest BCUT2D eigenvalue weighted by molar-refractivity contribution is 0.723. The molecule has 86 valence electrons. The lowest BCUT2D eigenvalue weighted by Gasteiger charge is -2.24. The van der Waals surface area contributed by atoms with Crippen LogP contribution in [0.15, 0.2) is 30.5 Å². The zero-order valence-electron chi connectivity index (χ0n) is 9.82. The number of rotatable bonds is 4. The third-order valence-corrected chi connectivity index (χ3v) is 2.77. The summed E-state index contributed by atoms with van der Waals surface area (Å²) in [6.45, 7) is 6.08. The standard InChI is InChI=1S/C13H19N3/c1-2-14-10-12-6-7-13(15-11-12)16-8-4-3-5-9-16/h3-4,6-7,11,14H,2,5,8-10H2,1H3. The van der Waals surface area contributed by atoms with Gasteiger partial charge in [-0.25, -0.2) is 4.98 Å². The van der Waals surface area contributed by atoms with Crippen molar-refractivity contribution in [1.82, 2.24) is 10.3 Å². The fourth-order valence-electron chi connectivity index (χ4n) is 1.83. The molecule has 1 aliphatic rings. The van der Waals surface area contributed by atoms with Crippen LogP contribution >= 0.6 is 0 Å². The topological polar surface area (TPSA) is 28.2 Å².